The number of amides is 2. The molecule has 120 valence electrons. The van der Waals surface area contributed by atoms with Crippen LogP contribution < -0.4 is 10.1 Å². The van der Waals surface area contributed by atoms with Gasteiger partial charge in [0.1, 0.15) is 5.92 Å². The Balaban J connectivity index is 1.60. The van der Waals surface area contributed by atoms with Crippen molar-refractivity contribution in [1.29, 1.82) is 0 Å². The summed E-state index contributed by atoms with van der Waals surface area (Å²) in [6, 6.07) is 9.73. The number of hydrogen-bond donors (Lipinski definition) is 1. The third-order valence-electron chi connectivity index (χ3n) is 3.64. The number of hydrogen-bond acceptors (Lipinski definition) is 6. The van der Waals surface area contributed by atoms with E-state index in [2.05, 4.69) is 15.5 Å². The topological polar surface area (TPSA) is 84.4 Å². The SMILES string of the molecule is COc1nnc(NC(=O)C2CCN(Cc3ccccc3)C2=O)s1. The monoisotopic (exact) mass is 332 g/mol. The molecular weight excluding hydrogens is 316 g/mol. The van der Waals surface area contributed by atoms with Crippen LogP contribution in [-0.4, -0.2) is 40.6 Å². The molecule has 2 aromatic rings. The molecule has 7 nitrogen and oxygen atoms in total. The zero-order valence-electron chi connectivity index (χ0n) is 12.6. The average molecular weight is 332 g/mol. The van der Waals surface area contributed by atoms with Crippen molar-refractivity contribution in [3.05, 3.63) is 35.9 Å². The van der Waals surface area contributed by atoms with Gasteiger partial charge in [-0.2, -0.15) is 0 Å². The minimum Gasteiger partial charge on any atom is -0.472 e. The standard InChI is InChI=1S/C15H16N4O3S/c1-22-15-18-17-14(23-15)16-12(20)11-7-8-19(13(11)21)9-10-5-3-2-4-6-10/h2-6,11H,7-9H2,1H3,(H,16,17,20). The Hall–Kier alpha value is -2.48. The lowest BCUT2D eigenvalue weighted by Gasteiger charge is -2.16. The number of ether oxygens (including phenoxy) is 1. The van der Waals surface area contributed by atoms with Crippen LogP contribution in [0.5, 0.6) is 5.19 Å². The first-order valence-corrected chi connectivity index (χ1v) is 8.00. The van der Waals surface area contributed by atoms with E-state index in [0.29, 0.717) is 29.8 Å². The van der Waals surface area contributed by atoms with E-state index >= 15 is 0 Å². The summed E-state index contributed by atoms with van der Waals surface area (Å²) in [6.07, 6.45) is 0.507. The van der Waals surface area contributed by atoms with Gasteiger partial charge in [-0.1, -0.05) is 35.4 Å². The Kier molecular flexibility index (Phi) is 4.52. The van der Waals surface area contributed by atoms with Crippen LogP contribution in [0.15, 0.2) is 30.3 Å². The van der Waals surface area contributed by atoms with Crippen LogP contribution in [-0.2, 0) is 16.1 Å². The van der Waals surface area contributed by atoms with Gasteiger partial charge in [-0.05, 0) is 23.3 Å². The van der Waals surface area contributed by atoms with Crippen molar-refractivity contribution in [3.8, 4) is 5.19 Å². The second-order valence-corrected chi connectivity index (χ2v) is 6.09. The average Bonchev–Trinajstić information content (AvgIpc) is 3.16. The molecule has 1 aliphatic rings. The zero-order chi connectivity index (χ0) is 16.2. The molecule has 0 bridgehead atoms. The van der Waals surface area contributed by atoms with Gasteiger partial charge in [-0.25, -0.2) is 0 Å². The van der Waals surface area contributed by atoms with E-state index in [1.165, 1.54) is 7.11 Å². The number of likely N-dealkylation sites (tertiary alicyclic amines) is 1. The van der Waals surface area contributed by atoms with Crippen LogP contribution in [0.4, 0.5) is 5.13 Å². The maximum absolute atomic E-state index is 12.4. The van der Waals surface area contributed by atoms with Crippen molar-refractivity contribution in [1.82, 2.24) is 15.1 Å². The number of nitrogens with one attached hydrogen (secondary N) is 1. The number of aromatic nitrogens is 2. The number of nitrogens with zero attached hydrogens (tertiary/aromatic N) is 3. The molecule has 1 aromatic heterocycles. The summed E-state index contributed by atoms with van der Waals surface area (Å²) in [7, 11) is 1.48. The summed E-state index contributed by atoms with van der Waals surface area (Å²) in [6.45, 7) is 1.10. The van der Waals surface area contributed by atoms with E-state index in [9.17, 15) is 9.59 Å². The van der Waals surface area contributed by atoms with Gasteiger partial charge in [0.15, 0.2) is 0 Å². The molecule has 2 amide bonds. The van der Waals surface area contributed by atoms with Crippen molar-refractivity contribution in [2.75, 3.05) is 19.0 Å². The molecule has 1 atom stereocenters. The predicted octanol–water partition coefficient (Wildman–Crippen LogP) is 1.53. The Labute approximate surface area is 137 Å². The Morgan fingerprint density at radius 1 is 1.39 bits per heavy atom. The molecule has 1 unspecified atom stereocenters. The molecule has 0 radical (unpaired) electrons. The number of rotatable bonds is 5. The van der Waals surface area contributed by atoms with Gasteiger partial charge >= 0.3 is 0 Å². The van der Waals surface area contributed by atoms with Gasteiger partial charge in [0.05, 0.1) is 7.11 Å². The fourth-order valence-corrected chi connectivity index (χ4v) is 3.04. The van der Waals surface area contributed by atoms with E-state index < -0.39 is 5.92 Å². The van der Waals surface area contributed by atoms with Gasteiger partial charge < -0.3 is 9.64 Å². The van der Waals surface area contributed by atoms with Crippen molar-refractivity contribution >= 4 is 28.3 Å². The smallest absolute Gasteiger partial charge is 0.295 e. The molecule has 0 spiro atoms. The largest absolute Gasteiger partial charge is 0.472 e. The maximum Gasteiger partial charge on any atom is 0.295 e. The van der Waals surface area contributed by atoms with Crippen molar-refractivity contribution in [3.63, 3.8) is 0 Å². The first-order valence-electron chi connectivity index (χ1n) is 7.18. The minimum absolute atomic E-state index is 0.150. The van der Waals surface area contributed by atoms with Crippen LogP contribution in [0.1, 0.15) is 12.0 Å². The van der Waals surface area contributed by atoms with Crippen LogP contribution in [0.25, 0.3) is 0 Å². The summed E-state index contributed by atoms with van der Waals surface area (Å²) in [5.41, 5.74) is 1.05. The molecule has 1 saturated heterocycles. The molecule has 0 saturated carbocycles. The fourth-order valence-electron chi connectivity index (χ4n) is 2.48. The molecule has 23 heavy (non-hydrogen) atoms. The molecule has 1 N–H and O–H groups in total. The number of carbonyl (C=O) groups excluding carboxylic acids is 2. The van der Waals surface area contributed by atoms with Gasteiger partial charge in [0, 0.05) is 13.1 Å². The Bertz CT molecular complexity index is 704. The maximum atomic E-state index is 12.4. The number of methoxy groups -OCH3 is 1. The number of carbonyl (C=O) groups is 2. The third-order valence-corrected chi connectivity index (χ3v) is 4.44. The molecule has 8 heteroatoms. The third kappa shape index (κ3) is 3.48. The number of anilines is 1. The van der Waals surface area contributed by atoms with E-state index in [4.69, 9.17) is 4.74 Å². The summed E-state index contributed by atoms with van der Waals surface area (Å²) in [4.78, 5) is 26.4. The Morgan fingerprint density at radius 2 is 2.17 bits per heavy atom. The highest BCUT2D eigenvalue weighted by molar-refractivity contribution is 7.17. The molecule has 1 aromatic carbocycles. The van der Waals surface area contributed by atoms with Gasteiger partial charge in [0.25, 0.3) is 5.19 Å². The van der Waals surface area contributed by atoms with Crippen LogP contribution >= 0.6 is 11.3 Å². The van der Waals surface area contributed by atoms with Crippen molar-refractivity contribution < 1.29 is 14.3 Å². The quantitative estimate of drug-likeness (QED) is 0.840. The summed E-state index contributed by atoms with van der Waals surface area (Å²) in [5, 5.41) is 10.9. The van der Waals surface area contributed by atoms with Gasteiger partial charge in [-0.3, -0.25) is 14.9 Å². The molecule has 2 heterocycles. The first-order chi connectivity index (χ1) is 11.2. The van der Waals surface area contributed by atoms with E-state index in [-0.39, 0.29) is 11.8 Å². The number of benzene rings is 1. The zero-order valence-corrected chi connectivity index (χ0v) is 13.4. The second kappa shape index (κ2) is 6.74. The fraction of sp³-hybridized carbons (Fsp3) is 0.333. The molecule has 0 aliphatic carbocycles. The Morgan fingerprint density at radius 3 is 2.87 bits per heavy atom. The second-order valence-electron chi connectivity index (χ2n) is 5.15. The van der Waals surface area contributed by atoms with E-state index in [1.807, 2.05) is 30.3 Å². The minimum atomic E-state index is -0.673. The predicted molar refractivity (Wildman–Crippen MR) is 85.1 cm³/mol. The lowest BCUT2D eigenvalue weighted by molar-refractivity contribution is -0.136. The van der Waals surface area contributed by atoms with Crippen molar-refractivity contribution in [2.45, 2.75) is 13.0 Å². The normalized spacial score (nSPS) is 17.3. The van der Waals surface area contributed by atoms with E-state index in [0.717, 1.165) is 16.9 Å². The summed E-state index contributed by atoms with van der Waals surface area (Å²) >= 11 is 1.12. The van der Waals surface area contributed by atoms with Gasteiger partial charge in [0.2, 0.25) is 16.9 Å². The lowest BCUT2D eigenvalue weighted by atomic mass is 10.1. The van der Waals surface area contributed by atoms with Crippen LogP contribution in [0.2, 0.25) is 0 Å². The highest BCUT2D eigenvalue weighted by Gasteiger charge is 2.37. The first kappa shape index (κ1) is 15.4. The van der Waals surface area contributed by atoms with Gasteiger partial charge in [-0.15, -0.1) is 5.10 Å². The summed E-state index contributed by atoms with van der Waals surface area (Å²) < 4.78 is 4.92. The summed E-state index contributed by atoms with van der Waals surface area (Å²) in [5.74, 6) is -1.17. The highest BCUT2D eigenvalue weighted by Crippen LogP contribution is 2.25. The molecule has 1 aliphatic heterocycles. The van der Waals surface area contributed by atoms with Crippen molar-refractivity contribution in [2.24, 2.45) is 5.92 Å². The van der Waals surface area contributed by atoms with Crippen LogP contribution in [0.3, 0.4) is 0 Å². The lowest BCUT2D eigenvalue weighted by Crippen LogP contribution is -2.32. The molecular formula is C15H16N4O3S. The molecule has 3 rings (SSSR count). The highest BCUT2D eigenvalue weighted by atomic mass is 32.1. The van der Waals surface area contributed by atoms with Crippen LogP contribution in [0, 0.1) is 5.92 Å². The molecule has 1 fully saturated rings. The van der Waals surface area contributed by atoms with E-state index in [1.54, 1.807) is 4.90 Å².